The minimum Gasteiger partial charge on any atom is -0.340 e. The average Bonchev–Trinajstić information content (AvgIpc) is 3.27. The van der Waals surface area contributed by atoms with Crippen LogP contribution in [-0.4, -0.2) is 27.6 Å². The van der Waals surface area contributed by atoms with Gasteiger partial charge in [-0.25, -0.2) is 0 Å². The molecule has 1 aliphatic rings. The van der Waals surface area contributed by atoms with E-state index < -0.39 is 0 Å². The summed E-state index contributed by atoms with van der Waals surface area (Å²) in [4.78, 5) is 14.4. The van der Waals surface area contributed by atoms with Gasteiger partial charge in [-0.1, -0.05) is 35.3 Å². The number of hydrogen-bond donors (Lipinski definition) is 0. The first kappa shape index (κ1) is 16.3. The highest BCUT2D eigenvalue weighted by Gasteiger charge is 2.45. The second-order valence-electron chi connectivity index (χ2n) is 5.95. The van der Waals surface area contributed by atoms with E-state index in [9.17, 15) is 4.79 Å². The van der Waals surface area contributed by atoms with Gasteiger partial charge in [0, 0.05) is 24.5 Å². The van der Waals surface area contributed by atoms with Crippen molar-refractivity contribution in [2.75, 3.05) is 7.05 Å². The van der Waals surface area contributed by atoms with Crippen LogP contribution < -0.4 is 0 Å². The third kappa shape index (κ3) is 3.38. The largest absolute Gasteiger partial charge is 0.340 e. The van der Waals surface area contributed by atoms with Crippen molar-refractivity contribution in [2.24, 2.45) is 5.92 Å². The monoisotopic (exact) mass is 351 g/mol. The quantitative estimate of drug-likeness (QED) is 0.817. The van der Waals surface area contributed by atoms with Gasteiger partial charge in [-0.3, -0.25) is 9.48 Å². The SMILES string of the molecule is CCn1ncc(Cl)c1CN(C)C(=O)C1CC1c1ccc(Cl)cc1. The predicted octanol–water partition coefficient (Wildman–Crippen LogP) is 3.97. The molecule has 1 amide bonds. The van der Waals surface area contributed by atoms with Crippen LogP contribution in [0.3, 0.4) is 0 Å². The summed E-state index contributed by atoms with van der Waals surface area (Å²) in [5.41, 5.74) is 2.06. The average molecular weight is 352 g/mol. The Morgan fingerprint density at radius 1 is 1.35 bits per heavy atom. The second-order valence-corrected chi connectivity index (χ2v) is 6.79. The zero-order valence-electron chi connectivity index (χ0n) is 13.2. The smallest absolute Gasteiger partial charge is 0.226 e. The minimum absolute atomic E-state index is 0.0537. The molecule has 1 aromatic heterocycles. The Hall–Kier alpha value is -1.52. The number of carbonyl (C=O) groups is 1. The summed E-state index contributed by atoms with van der Waals surface area (Å²) in [5.74, 6) is 0.511. The zero-order chi connectivity index (χ0) is 16.6. The van der Waals surface area contributed by atoms with Crippen LogP contribution in [0.1, 0.15) is 30.5 Å². The molecule has 2 atom stereocenters. The second kappa shape index (κ2) is 6.54. The van der Waals surface area contributed by atoms with E-state index in [0.29, 0.717) is 17.5 Å². The molecule has 0 N–H and O–H groups in total. The van der Waals surface area contributed by atoms with Crippen molar-refractivity contribution < 1.29 is 4.79 Å². The number of benzene rings is 1. The molecule has 4 nitrogen and oxygen atoms in total. The molecule has 1 saturated carbocycles. The van der Waals surface area contributed by atoms with E-state index in [1.165, 1.54) is 5.56 Å². The fourth-order valence-electron chi connectivity index (χ4n) is 2.95. The first-order valence-electron chi connectivity index (χ1n) is 7.72. The van der Waals surface area contributed by atoms with Gasteiger partial charge < -0.3 is 4.90 Å². The first-order valence-corrected chi connectivity index (χ1v) is 8.47. The highest BCUT2D eigenvalue weighted by Crippen LogP contribution is 2.48. The molecule has 0 bridgehead atoms. The lowest BCUT2D eigenvalue weighted by Crippen LogP contribution is -2.29. The van der Waals surface area contributed by atoms with Gasteiger partial charge in [0.1, 0.15) is 0 Å². The predicted molar refractivity (Wildman–Crippen MR) is 91.7 cm³/mol. The van der Waals surface area contributed by atoms with Crippen molar-refractivity contribution in [3.05, 3.63) is 51.8 Å². The molecule has 0 radical (unpaired) electrons. The first-order chi connectivity index (χ1) is 11.0. The molecule has 0 spiro atoms. The standard InChI is InChI=1S/C17H19Cl2N3O/c1-3-22-16(15(19)9-20-22)10-21(2)17(23)14-8-13(14)11-4-6-12(18)7-5-11/h4-7,9,13-14H,3,8,10H2,1-2H3. The van der Waals surface area contributed by atoms with Crippen molar-refractivity contribution in [3.63, 3.8) is 0 Å². The number of aromatic nitrogens is 2. The lowest BCUT2D eigenvalue weighted by atomic mass is 10.1. The van der Waals surface area contributed by atoms with Gasteiger partial charge in [-0.2, -0.15) is 5.10 Å². The van der Waals surface area contributed by atoms with Gasteiger partial charge in [0.05, 0.1) is 23.5 Å². The number of halogens is 2. The fraction of sp³-hybridized carbons (Fsp3) is 0.412. The normalized spacial score (nSPS) is 19.7. The molecule has 122 valence electrons. The van der Waals surface area contributed by atoms with E-state index in [1.807, 2.05) is 42.9 Å². The molecular weight excluding hydrogens is 333 g/mol. The summed E-state index contributed by atoms with van der Waals surface area (Å²) >= 11 is 12.1. The molecule has 0 saturated heterocycles. The topological polar surface area (TPSA) is 38.1 Å². The highest BCUT2D eigenvalue weighted by atomic mass is 35.5. The molecular formula is C17H19Cl2N3O. The van der Waals surface area contributed by atoms with Crippen LogP contribution in [0.4, 0.5) is 0 Å². The Bertz CT molecular complexity index is 711. The van der Waals surface area contributed by atoms with Crippen LogP contribution in [0.15, 0.2) is 30.5 Å². The molecule has 2 aromatic rings. The maximum Gasteiger partial charge on any atom is 0.226 e. The van der Waals surface area contributed by atoms with Gasteiger partial charge in [0.25, 0.3) is 0 Å². The minimum atomic E-state index is 0.0537. The Morgan fingerprint density at radius 2 is 2.04 bits per heavy atom. The number of carbonyl (C=O) groups excluding carboxylic acids is 1. The number of aryl methyl sites for hydroxylation is 1. The van der Waals surface area contributed by atoms with Crippen LogP contribution >= 0.6 is 23.2 Å². The summed E-state index contributed by atoms with van der Waals surface area (Å²) in [5, 5.41) is 5.54. The van der Waals surface area contributed by atoms with Gasteiger partial charge in [0.15, 0.2) is 0 Å². The van der Waals surface area contributed by atoms with Crippen LogP contribution in [0.25, 0.3) is 0 Å². The molecule has 23 heavy (non-hydrogen) atoms. The molecule has 6 heteroatoms. The van der Waals surface area contributed by atoms with E-state index in [2.05, 4.69) is 5.10 Å². The Balaban J connectivity index is 1.65. The summed E-state index contributed by atoms with van der Waals surface area (Å²) in [6.45, 7) is 3.22. The number of rotatable bonds is 5. The lowest BCUT2D eigenvalue weighted by molar-refractivity contribution is -0.131. The summed E-state index contributed by atoms with van der Waals surface area (Å²) in [6, 6.07) is 7.76. The molecule has 1 fully saturated rings. The highest BCUT2D eigenvalue weighted by molar-refractivity contribution is 6.31. The van der Waals surface area contributed by atoms with E-state index in [0.717, 1.165) is 23.7 Å². The van der Waals surface area contributed by atoms with Gasteiger partial charge in [-0.05, 0) is 37.0 Å². The molecule has 3 rings (SSSR count). The van der Waals surface area contributed by atoms with E-state index in [4.69, 9.17) is 23.2 Å². The van der Waals surface area contributed by atoms with Crippen molar-refractivity contribution in [2.45, 2.75) is 32.4 Å². The Labute approximate surface area is 146 Å². The lowest BCUT2D eigenvalue weighted by Gasteiger charge is -2.18. The molecule has 2 unspecified atom stereocenters. The van der Waals surface area contributed by atoms with Crippen molar-refractivity contribution in [3.8, 4) is 0 Å². The van der Waals surface area contributed by atoms with Crippen molar-refractivity contribution in [1.29, 1.82) is 0 Å². The molecule has 1 aromatic carbocycles. The summed E-state index contributed by atoms with van der Waals surface area (Å²) in [6.07, 6.45) is 2.53. The summed E-state index contributed by atoms with van der Waals surface area (Å²) in [7, 11) is 1.82. The third-order valence-electron chi connectivity index (χ3n) is 4.37. The Kier molecular flexibility index (Phi) is 4.64. The van der Waals surface area contributed by atoms with E-state index in [-0.39, 0.29) is 11.8 Å². The Morgan fingerprint density at radius 3 is 2.70 bits per heavy atom. The summed E-state index contributed by atoms with van der Waals surface area (Å²) < 4.78 is 1.83. The maximum atomic E-state index is 12.6. The molecule has 0 aliphatic heterocycles. The van der Waals surface area contributed by atoms with Crippen LogP contribution in [0.5, 0.6) is 0 Å². The van der Waals surface area contributed by atoms with Crippen molar-refractivity contribution in [1.82, 2.24) is 14.7 Å². The number of amides is 1. The van der Waals surface area contributed by atoms with Crippen LogP contribution in [-0.2, 0) is 17.9 Å². The van der Waals surface area contributed by atoms with Gasteiger partial charge in [0.2, 0.25) is 5.91 Å². The third-order valence-corrected chi connectivity index (χ3v) is 4.93. The van der Waals surface area contributed by atoms with E-state index in [1.54, 1.807) is 11.1 Å². The van der Waals surface area contributed by atoms with E-state index >= 15 is 0 Å². The molecule has 1 heterocycles. The van der Waals surface area contributed by atoms with Gasteiger partial charge >= 0.3 is 0 Å². The zero-order valence-corrected chi connectivity index (χ0v) is 14.7. The fourth-order valence-corrected chi connectivity index (χ4v) is 3.28. The maximum absolute atomic E-state index is 12.6. The van der Waals surface area contributed by atoms with Crippen LogP contribution in [0, 0.1) is 5.92 Å². The molecule has 1 aliphatic carbocycles. The van der Waals surface area contributed by atoms with Crippen LogP contribution in [0.2, 0.25) is 10.0 Å². The number of nitrogens with zero attached hydrogens (tertiary/aromatic N) is 3. The number of hydrogen-bond acceptors (Lipinski definition) is 2. The van der Waals surface area contributed by atoms with Crippen molar-refractivity contribution >= 4 is 29.1 Å². The van der Waals surface area contributed by atoms with Gasteiger partial charge in [-0.15, -0.1) is 0 Å².